The topological polar surface area (TPSA) is 29.9 Å². The van der Waals surface area contributed by atoms with Gasteiger partial charge in [0.2, 0.25) is 5.95 Å². The minimum Gasteiger partial charge on any atom is -0.353 e. The molecule has 0 aliphatic heterocycles. The molecule has 0 aromatic carbocycles. The van der Waals surface area contributed by atoms with Gasteiger partial charge in [-0.25, -0.2) is 4.98 Å². The summed E-state index contributed by atoms with van der Waals surface area (Å²) in [5.41, 5.74) is 0. The maximum Gasteiger partial charge on any atom is 0.203 e. The molecule has 3 heteroatoms. The molecule has 0 radical (unpaired) electrons. The number of hydrogen-bond donors (Lipinski definition) is 1. The van der Waals surface area contributed by atoms with Gasteiger partial charge in [0.15, 0.2) is 0 Å². The van der Waals surface area contributed by atoms with Crippen LogP contribution in [-0.4, -0.2) is 15.6 Å². The Bertz CT molecular complexity index is 406. The number of aromatic nitrogens is 2. The Morgan fingerprint density at radius 2 is 2.05 bits per heavy atom. The largest absolute Gasteiger partial charge is 0.353 e. The number of nitrogens with zero attached hydrogens (tertiary/aromatic N) is 2. The molecule has 19 heavy (non-hydrogen) atoms. The summed E-state index contributed by atoms with van der Waals surface area (Å²) in [7, 11) is 0. The highest BCUT2D eigenvalue weighted by molar-refractivity contribution is 5.29. The van der Waals surface area contributed by atoms with Gasteiger partial charge in [-0.1, -0.05) is 33.1 Å². The quantitative estimate of drug-likeness (QED) is 0.878. The lowest BCUT2D eigenvalue weighted by atomic mass is 9.93. The molecule has 106 valence electrons. The van der Waals surface area contributed by atoms with Crippen molar-refractivity contribution in [3.63, 3.8) is 0 Å². The summed E-state index contributed by atoms with van der Waals surface area (Å²) in [6.45, 7) is 4.73. The van der Waals surface area contributed by atoms with Crippen molar-refractivity contribution in [3.8, 4) is 0 Å². The van der Waals surface area contributed by atoms with Crippen LogP contribution in [0.4, 0.5) is 5.95 Å². The first-order chi connectivity index (χ1) is 9.29. The van der Waals surface area contributed by atoms with E-state index < -0.39 is 0 Å². The van der Waals surface area contributed by atoms with Gasteiger partial charge < -0.3 is 9.88 Å². The Morgan fingerprint density at radius 3 is 2.74 bits per heavy atom. The minimum atomic E-state index is 0.618. The number of imidazole rings is 1. The van der Waals surface area contributed by atoms with Crippen LogP contribution in [0.5, 0.6) is 0 Å². The standard InChI is InChI=1S/C16H27N3/c1-3-13-8-9-15(12(13)2)18-16-17-10-11-19(16)14-6-4-5-7-14/h10-15H,3-9H2,1-2H3,(H,17,18). The van der Waals surface area contributed by atoms with E-state index >= 15 is 0 Å². The number of rotatable bonds is 4. The number of anilines is 1. The average molecular weight is 261 g/mol. The monoisotopic (exact) mass is 261 g/mol. The molecule has 3 unspecified atom stereocenters. The molecule has 0 spiro atoms. The Hall–Kier alpha value is -0.990. The zero-order valence-corrected chi connectivity index (χ0v) is 12.3. The van der Waals surface area contributed by atoms with Crippen LogP contribution in [-0.2, 0) is 0 Å². The fraction of sp³-hybridized carbons (Fsp3) is 0.812. The third-order valence-corrected chi connectivity index (χ3v) is 5.45. The van der Waals surface area contributed by atoms with Gasteiger partial charge >= 0.3 is 0 Å². The van der Waals surface area contributed by atoms with Crippen molar-refractivity contribution in [1.82, 2.24) is 9.55 Å². The third-order valence-electron chi connectivity index (χ3n) is 5.45. The van der Waals surface area contributed by atoms with Crippen LogP contribution in [0.3, 0.4) is 0 Å². The molecule has 2 fully saturated rings. The van der Waals surface area contributed by atoms with Crippen LogP contribution >= 0.6 is 0 Å². The van der Waals surface area contributed by atoms with Crippen LogP contribution in [0.2, 0.25) is 0 Å². The van der Waals surface area contributed by atoms with E-state index in [-0.39, 0.29) is 0 Å². The van der Waals surface area contributed by atoms with Crippen LogP contribution < -0.4 is 5.32 Å². The molecule has 2 aliphatic carbocycles. The molecule has 1 aromatic rings. The predicted octanol–water partition coefficient (Wildman–Crippen LogP) is 4.23. The highest BCUT2D eigenvalue weighted by Gasteiger charge is 2.32. The van der Waals surface area contributed by atoms with Gasteiger partial charge in [0.1, 0.15) is 0 Å². The first-order valence-electron chi connectivity index (χ1n) is 8.09. The second-order valence-electron chi connectivity index (χ2n) is 6.45. The maximum atomic E-state index is 4.56. The van der Waals surface area contributed by atoms with Gasteiger partial charge in [0, 0.05) is 24.5 Å². The zero-order chi connectivity index (χ0) is 13.2. The van der Waals surface area contributed by atoms with E-state index in [0.717, 1.165) is 17.8 Å². The fourth-order valence-electron chi connectivity index (χ4n) is 4.10. The molecular formula is C16H27N3. The second kappa shape index (κ2) is 5.56. The van der Waals surface area contributed by atoms with Crippen molar-refractivity contribution in [2.24, 2.45) is 11.8 Å². The van der Waals surface area contributed by atoms with E-state index in [9.17, 15) is 0 Å². The van der Waals surface area contributed by atoms with Crippen LogP contribution in [0.25, 0.3) is 0 Å². The lowest BCUT2D eigenvalue weighted by Gasteiger charge is -2.23. The fourth-order valence-corrected chi connectivity index (χ4v) is 4.10. The van der Waals surface area contributed by atoms with Crippen molar-refractivity contribution in [2.75, 3.05) is 5.32 Å². The molecule has 0 saturated heterocycles. The number of nitrogens with one attached hydrogen (secondary N) is 1. The van der Waals surface area contributed by atoms with Crippen LogP contribution in [0.1, 0.15) is 64.8 Å². The Balaban J connectivity index is 1.68. The summed E-state index contributed by atoms with van der Waals surface area (Å²) < 4.78 is 2.39. The minimum absolute atomic E-state index is 0.618. The third kappa shape index (κ3) is 2.52. The first kappa shape index (κ1) is 13.0. The van der Waals surface area contributed by atoms with Crippen molar-refractivity contribution >= 4 is 5.95 Å². The van der Waals surface area contributed by atoms with Gasteiger partial charge in [-0.3, -0.25) is 0 Å². The molecule has 3 nitrogen and oxygen atoms in total. The van der Waals surface area contributed by atoms with E-state index in [1.807, 2.05) is 6.20 Å². The molecule has 3 rings (SSSR count). The molecule has 0 amide bonds. The number of hydrogen-bond acceptors (Lipinski definition) is 2. The van der Waals surface area contributed by atoms with E-state index in [2.05, 4.69) is 34.9 Å². The van der Waals surface area contributed by atoms with E-state index in [0.29, 0.717) is 12.1 Å². The van der Waals surface area contributed by atoms with Gasteiger partial charge in [-0.15, -0.1) is 0 Å². The van der Waals surface area contributed by atoms with Crippen molar-refractivity contribution < 1.29 is 0 Å². The molecule has 2 aliphatic rings. The smallest absolute Gasteiger partial charge is 0.203 e. The van der Waals surface area contributed by atoms with Crippen LogP contribution in [0.15, 0.2) is 12.4 Å². The molecule has 3 atom stereocenters. The lowest BCUT2D eigenvalue weighted by molar-refractivity contribution is 0.390. The Labute approximate surface area is 116 Å². The molecular weight excluding hydrogens is 234 g/mol. The Morgan fingerprint density at radius 1 is 1.26 bits per heavy atom. The molecule has 0 bridgehead atoms. The summed E-state index contributed by atoms with van der Waals surface area (Å²) in [5.74, 6) is 2.78. The van der Waals surface area contributed by atoms with Crippen molar-refractivity contribution in [2.45, 2.75) is 70.9 Å². The maximum absolute atomic E-state index is 4.56. The summed E-state index contributed by atoms with van der Waals surface area (Å²) in [6.07, 6.45) is 13.5. The van der Waals surface area contributed by atoms with Crippen molar-refractivity contribution in [1.29, 1.82) is 0 Å². The molecule has 2 saturated carbocycles. The highest BCUT2D eigenvalue weighted by Crippen LogP contribution is 2.37. The van der Waals surface area contributed by atoms with Gasteiger partial charge in [0.25, 0.3) is 0 Å². The van der Waals surface area contributed by atoms with Crippen molar-refractivity contribution in [3.05, 3.63) is 12.4 Å². The molecule has 1 heterocycles. The zero-order valence-electron chi connectivity index (χ0n) is 12.3. The molecule has 1 N–H and O–H groups in total. The highest BCUT2D eigenvalue weighted by atomic mass is 15.2. The normalized spacial score (nSPS) is 32.0. The van der Waals surface area contributed by atoms with Gasteiger partial charge in [-0.2, -0.15) is 0 Å². The van der Waals surface area contributed by atoms with E-state index in [4.69, 9.17) is 0 Å². The summed E-state index contributed by atoms with van der Waals surface area (Å²) in [5, 5.41) is 3.73. The van der Waals surface area contributed by atoms with Gasteiger partial charge in [-0.05, 0) is 37.5 Å². The van der Waals surface area contributed by atoms with E-state index in [1.54, 1.807) is 0 Å². The summed E-state index contributed by atoms with van der Waals surface area (Å²) in [6, 6.07) is 1.30. The second-order valence-corrected chi connectivity index (χ2v) is 6.45. The van der Waals surface area contributed by atoms with Gasteiger partial charge in [0.05, 0.1) is 0 Å². The van der Waals surface area contributed by atoms with Crippen LogP contribution in [0, 0.1) is 11.8 Å². The average Bonchev–Trinajstić information content (AvgIpc) is 3.12. The molecule has 1 aromatic heterocycles. The summed E-state index contributed by atoms with van der Waals surface area (Å²) >= 11 is 0. The predicted molar refractivity (Wildman–Crippen MR) is 79.3 cm³/mol. The SMILES string of the molecule is CCC1CCC(Nc2nccn2C2CCCC2)C1C. The summed E-state index contributed by atoms with van der Waals surface area (Å²) in [4.78, 5) is 4.56. The van der Waals surface area contributed by atoms with E-state index in [1.165, 1.54) is 44.9 Å². The lowest BCUT2D eigenvalue weighted by Crippen LogP contribution is -2.26. The first-order valence-corrected chi connectivity index (χ1v) is 8.09. The Kier molecular flexibility index (Phi) is 3.81.